The minimum Gasteiger partial charge on any atom is -0.383 e. The van der Waals surface area contributed by atoms with Crippen molar-refractivity contribution in [2.75, 3.05) is 20.3 Å². The lowest BCUT2D eigenvalue weighted by Gasteiger charge is -2.28. The summed E-state index contributed by atoms with van der Waals surface area (Å²) in [6.45, 7) is 7.82. The lowest BCUT2D eigenvalue weighted by Crippen LogP contribution is -2.32. The second kappa shape index (κ2) is 8.58. The van der Waals surface area contributed by atoms with Crippen molar-refractivity contribution in [1.29, 1.82) is 0 Å². The van der Waals surface area contributed by atoms with E-state index >= 15 is 0 Å². The normalized spacial score (nSPS) is 18.7. The summed E-state index contributed by atoms with van der Waals surface area (Å²) in [5, 5.41) is 4.26. The van der Waals surface area contributed by atoms with Crippen molar-refractivity contribution in [3.05, 3.63) is 82.9 Å². The summed E-state index contributed by atoms with van der Waals surface area (Å²) in [4.78, 5) is 6.86. The highest BCUT2D eigenvalue weighted by atomic mass is 32.1. The molecule has 1 saturated heterocycles. The number of rotatable bonds is 6. The number of methoxy groups -OCH3 is 1. The third kappa shape index (κ3) is 3.73. The standard InChI is InChI=1S/C24H28N4OS/c1-16-8-7-9-19(14-16)28-17(2)15-20(18(28)3)23-22(21-10-5-6-11-25-21)26-24(30)27(23)12-13-29-4/h5-11,14-15,22-23H,12-13H2,1-4H3,(H,26,30)/t22-,23+/m0/s1. The Bertz CT molecular complexity index is 1050. The third-order valence-electron chi connectivity index (χ3n) is 5.78. The first-order valence-electron chi connectivity index (χ1n) is 10.2. The van der Waals surface area contributed by atoms with E-state index in [2.05, 4.69) is 76.9 Å². The predicted octanol–water partition coefficient (Wildman–Crippen LogP) is 4.42. The molecule has 0 spiro atoms. The van der Waals surface area contributed by atoms with E-state index in [1.807, 2.05) is 18.3 Å². The van der Waals surface area contributed by atoms with E-state index < -0.39 is 0 Å². The van der Waals surface area contributed by atoms with Gasteiger partial charge in [-0.15, -0.1) is 0 Å². The number of aromatic nitrogens is 2. The van der Waals surface area contributed by atoms with Gasteiger partial charge >= 0.3 is 0 Å². The van der Waals surface area contributed by atoms with Gasteiger partial charge in [-0.3, -0.25) is 4.98 Å². The van der Waals surface area contributed by atoms with Crippen LogP contribution in [0.3, 0.4) is 0 Å². The Kier molecular flexibility index (Phi) is 5.88. The molecule has 30 heavy (non-hydrogen) atoms. The van der Waals surface area contributed by atoms with E-state index in [0.717, 1.165) is 17.4 Å². The monoisotopic (exact) mass is 420 g/mol. The fraction of sp³-hybridized carbons (Fsp3) is 0.333. The van der Waals surface area contributed by atoms with Crippen LogP contribution < -0.4 is 5.32 Å². The molecule has 2 atom stereocenters. The average molecular weight is 421 g/mol. The van der Waals surface area contributed by atoms with Gasteiger partial charge in [0, 0.05) is 36.9 Å². The Morgan fingerprint density at radius 3 is 2.63 bits per heavy atom. The van der Waals surface area contributed by atoms with Crippen molar-refractivity contribution in [2.24, 2.45) is 0 Å². The molecular formula is C24H28N4OS. The molecule has 0 aliphatic carbocycles. The van der Waals surface area contributed by atoms with Crippen molar-refractivity contribution in [1.82, 2.24) is 19.8 Å². The van der Waals surface area contributed by atoms with Crippen LogP contribution in [0.2, 0.25) is 0 Å². The van der Waals surface area contributed by atoms with Crippen molar-refractivity contribution < 1.29 is 4.74 Å². The number of benzene rings is 1. The number of pyridine rings is 1. The van der Waals surface area contributed by atoms with Gasteiger partial charge < -0.3 is 19.5 Å². The smallest absolute Gasteiger partial charge is 0.170 e. The maximum absolute atomic E-state index is 5.73. The average Bonchev–Trinajstić information content (AvgIpc) is 3.22. The molecule has 0 radical (unpaired) electrons. The molecule has 1 aliphatic heterocycles. The third-order valence-corrected chi connectivity index (χ3v) is 6.14. The van der Waals surface area contributed by atoms with Crippen LogP contribution >= 0.6 is 12.2 Å². The highest BCUT2D eigenvalue weighted by Gasteiger charge is 2.41. The van der Waals surface area contributed by atoms with Crippen molar-refractivity contribution in [3.8, 4) is 5.69 Å². The van der Waals surface area contributed by atoms with Crippen LogP contribution in [0.5, 0.6) is 0 Å². The molecule has 6 heteroatoms. The SMILES string of the molecule is COCCN1C(=S)N[C@@H](c2ccccn2)[C@H]1c1cc(C)n(-c2cccc(C)c2)c1C. The van der Waals surface area contributed by atoms with E-state index in [-0.39, 0.29) is 12.1 Å². The zero-order valence-corrected chi connectivity index (χ0v) is 18.7. The van der Waals surface area contributed by atoms with Crippen molar-refractivity contribution >= 4 is 17.3 Å². The first kappa shape index (κ1) is 20.6. The van der Waals surface area contributed by atoms with E-state index in [1.165, 1.54) is 28.2 Å². The minimum atomic E-state index is -0.0120. The van der Waals surface area contributed by atoms with Crippen LogP contribution in [0.1, 0.15) is 40.3 Å². The zero-order chi connectivity index (χ0) is 21.3. The molecule has 0 amide bonds. The van der Waals surface area contributed by atoms with Gasteiger partial charge in [0.05, 0.1) is 24.4 Å². The largest absolute Gasteiger partial charge is 0.383 e. The first-order chi connectivity index (χ1) is 14.5. The quantitative estimate of drug-likeness (QED) is 0.598. The van der Waals surface area contributed by atoms with E-state index in [0.29, 0.717) is 6.61 Å². The zero-order valence-electron chi connectivity index (χ0n) is 17.9. The molecule has 1 N–H and O–H groups in total. The van der Waals surface area contributed by atoms with Crippen molar-refractivity contribution in [2.45, 2.75) is 32.9 Å². The summed E-state index contributed by atoms with van der Waals surface area (Å²) in [6.07, 6.45) is 1.84. The number of nitrogens with zero attached hydrogens (tertiary/aromatic N) is 3. The number of ether oxygens (including phenoxy) is 1. The lowest BCUT2D eigenvalue weighted by atomic mass is 9.97. The van der Waals surface area contributed by atoms with Gasteiger partial charge in [0.15, 0.2) is 5.11 Å². The van der Waals surface area contributed by atoms with Gasteiger partial charge in [0.1, 0.15) is 0 Å². The molecule has 3 heterocycles. The number of thiocarbonyl (C=S) groups is 1. The second-order valence-electron chi connectivity index (χ2n) is 7.81. The number of aryl methyl sites for hydroxylation is 2. The van der Waals surface area contributed by atoms with Crippen LogP contribution in [-0.2, 0) is 4.74 Å². The van der Waals surface area contributed by atoms with Crippen LogP contribution in [0, 0.1) is 20.8 Å². The molecule has 0 bridgehead atoms. The lowest BCUT2D eigenvalue weighted by molar-refractivity contribution is 0.164. The second-order valence-corrected chi connectivity index (χ2v) is 8.20. The highest BCUT2D eigenvalue weighted by Crippen LogP contribution is 2.41. The molecule has 5 nitrogen and oxygen atoms in total. The van der Waals surface area contributed by atoms with Gasteiger partial charge in [0.2, 0.25) is 0 Å². The predicted molar refractivity (Wildman–Crippen MR) is 124 cm³/mol. The van der Waals surface area contributed by atoms with Gasteiger partial charge in [-0.05, 0) is 74.4 Å². The van der Waals surface area contributed by atoms with Gasteiger partial charge in [0.25, 0.3) is 0 Å². The Labute approximate surface area is 183 Å². The molecule has 0 unspecified atom stereocenters. The molecule has 1 aromatic carbocycles. The summed E-state index contributed by atoms with van der Waals surface area (Å²) >= 11 is 5.73. The summed E-state index contributed by atoms with van der Waals surface area (Å²) in [5.74, 6) is 0. The van der Waals surface area contributed by atoms with E-state index in [9.17, 15) is 0 Å². The van der Waals surface area contributed by atoms with Gasteiger partial charge in [-0.1, -0.05) is 18.2 Å². The minimum absolute atomic E-state index is 0.0120. The Hall–Kier alpha value is -2.70. The van der Waals surface area contributed by atoms with Crippen LogP contribution in [0.25, 0.3) is 5.69 Å². The first-order valence-corrected chi connectivity index (χ1v) is 10.6. The Morgan fingerprint density at radius 2 is 1.93 bits per heavy atom. The van der Waals surface area contributed by atoms with Crippen molar-refractivity contribution in [3.63, 3.8) is 0 Å². The summed E-state index contributed by atoms with van der Waals surface area (Å²) < 4.78 is 7.70. The number of hydrogen-bond donors (Lipinski definition) is 1. The van der Waals surface area contributed by atoms with Crippen LogP contribution in [0.4, 0.5) is 0 Å². The molecule has 4 rings (SSSR count). The molecule has 1 aliphatic rings. The van der Waals surface area contributed by atoms with Gasteiger partial charge in [-0.25, -0.2) is 0 Å². The summed E-state index contributed by atoms with van der Waals surface area (Å²) in [5.41, 5.74) is 7.11. The van der Waals surface area contributed by atoms with Gasteiger partial charge in [-0.2, -0.15) is 0 Å². The van der Waals surface area contributed by atoms with E-state index in [4.69, 9.17) is 17.0 Å². The maximum Gasteiger partial charge on any atom is 0.170 e. The fourth-order valence-electron chi connectivity index (χ4n) is 4.43. The topological polar surface area (TPSA) is 42.3 Å². The molecular weight excluding hydrogens is 392 g/mol. The molecule has 3 aromatic rings. The van der Waals surface area contributed by atoms with Crippen LogP contribution in [0.15, 0.2) is 54.7 Å². The summed E-state index contributed by atoms with van der Waals surface area (Å²) in [6, 6.07) is 17.0. The van der Waals surface area contributed by atoms with E-state index in [1.54, 1.807) is 7.11 Å². The fourth-order valence-corrected chi connectivity index (χ4v) is 4.76. The molecule has 156 valence electrons. The Balaban J connectivity index is 1.82. The summed E-state index contributed by atoms with van der Waals surface area (Å²) in [7, 11) is 1.72. The number of hydrogen-bond acceptors (Lipinski definition) is 3. The molecule has 2 aromatic heterocycles. The molecule has 1 fully saturated rings. The Morgan fingerprint density at radius 1 is 1.10 bits per heavy atom. The number of nitrogens with one attached hydrogen (secondary N) is 1. The van der Waals surface area contributed by atoms with Crippen LogP contribution in [-0.4, -0.2) is 39.8 Å². The maximum atomic E-state index is 5.73. The highest BCUT2D eigenvalue weighted by molar-refractivity contribution is 7.80. The molecule has 0 saturated carbocycles.